The zero-order valence-corrected chi connectivity index (χ0v) is 12.7. The van der Waals surface area contributed by atoms with Crippen molar-refractivity contribution in [3.63, 3.8) is 0 Å². The van der Waals surface area contributed by atoms with Crippen molar-refractivity contribution >= 4 is 15.9 Å². The van der Waals surface area contributed by atoms with Crippen LogP contribution in [0.4, 0.5) is 4.39 Å². The monoisotopic (exact) mass is 314 g/mol. The third-order valence-corrected chi connectivity index (χ3v) is 4.24. The first kappa shape index (κ1) is 15.9. The molecule has 1 aliphatic rings. The molecular weight excluding hydrogens is 295 g/mol. The van der Waals surface area contributed by atoms with Gasteiger partial charge in [-0.25, -0.2) is 17.5 Å². The molecule has 0 spiro atoms. The molecule has 1 aromatic rings. The smallest absolute Gasteiger partial charge is 0.256 e. The van der Waals surface area contributed by atoms with Gasteiger partial charge in [-0.05, 0) is 30.9 Å². The summed E-state index contributed by atoms with van der Waals surface area (Å²) < 4.78 is 38.3. The quantitative estimate of drug-likeness (QED) is 0.909. The van der Waals surface area contributed by atoms with Crippen molar-refractivity contribution < 1.29 is 17.6 Å². The second-order valence-corrected chi connectivity index (χ2v) is 7.19. The number of halogens is 1. The molecule has 0 bridgehead atoms. The van der Waals surface area contributed by atoms with Crippen LogP contribution in [-0.2, 0) is 10.0 Å². The summed E-state index contributed by atoms with van der Waals surface area (Å²) in [4.78, 5) is 13.9. The summed E-state index contributed by atoms with van der Waals surface area (Å²) in [6.07, 6.45) is 2.75. The zero-order chi connectivity index (χ0) is 15.5. The number of benzene rings is 1. The Morgan fingerprint density at radius 3 is 2.81 bits per heavy atom. The lowest BCUT2D eigenvalue weighted by atomic mass is 9.97. The minimum atomic E-state index is -3.23. The van der Waals surface area contributed by atoms with Gasteiger partial charge in [-0.1, -0.05) is 12.1 Å². The number of amides is 1. The molecule has 2 rings (SSSR count). The van der Waals surface area contributed by atoms with Crippen LogP contribution in [0.25, 0.3) is 0 Å². The topological polar surface area (TPSA) is 66.5 Å². The van der Waals surface area contributed by atoms with Gasteiger partial charge >= 0.3 is 0 Å². The van der Waals surface area contributed by atoms with Gasteiger partial charge in [-0.15, -0.1) is 0 Å². The Morgan fingerprint density at radius 1 is 1.43 bits per heavy atom. The molecule has 1 aromatic carbocycles. The number of sulfonamides is 1. The fourth-order valence-corrected chi connectivity index (χ4v) is 3.03. The van der Waals surface area contributed by atoms with Gasteiger partial charge in [0.05, 0.1) is 11.8 Å². The average Bonchev–Trinajstić information content (AvgIpc) is 2.44. The minimum Gasteiger partial charge on any atom is -0.338 e. The van der Waals surface area contributed by atoms with E-state index in [2.05, 4.69) is 4.72 Å². The van der Waals surface area contributed by atoms with Gasteiger partial charge in [0.25, 0.3) is 5.91 Å². The lowest BCUT2D eigenvalue weighted by Crippen LogP contribution is -2.43. The number of nitrogens with one attached hydrogen (secondary N) is 1. The summed E-state index contributed by atoms with van der Waals surface area (Å²) in [6, 6.07) is 5.90. The largest absolute Gasteiger partial charge is 0.338 e. The summed E-state index contributed by atoms with van der Waals surface area (Å²) >= 11 is 0. The van der Waals surface area contributed by atoms with Crippen molar-refractivity contribution in [2.75, 3.05) is 25.9 Å². The van der Waals surface area contributed by atoms with E-state index < -0.39 is 15.8 Å². The number of carbonyl (C=O) groups is 1. The Bertz CT molecular complexity index is 618. The first-order valence-corrected chi connectivity index (χ1v) is 8.74. The molecule has 1 atom stereocenters. The van der Waals surface area contributed by atoms with Crippen molar-refractivity contribution in [3.8, 4) is 0 Å². The summed E-state index contributed by atoms with van der Waals surface area (Å²) in [6.45, 7) is 1.32. The van der Waals surface area contributed by atoms with Crippen molar-refractivity contribution in [1.29, 1.82) is 0 Å². The second-order valence-electron chi connectivity index (χ2n) is 5.36. The number of piperidine rings is 1. The maximum atomic E-state index is 13.7. The number of hydrogen-bond acceptors (Lipinski definition) is 3. The molecule has 5 nitrogen and oxygen atoms in total. The van der Waals surface area contributed by atoms with Gasteiger partial charge in [0, 0.05) is 19.6 Å². The van der Waals surface area contributed by atoms with Gasteiger partial charge in [0.1, 0.15) is 5.82 Å². The summed E-state index contributed by atoms with van der Waals surface area (Å²) in [5, 5.41) is 0. The van der Waals surface area contributed by atoms with Crippen LogP contribution in [0.1, 0.15) is 23.2 Å². The molecule has 1 heterocycles. The van der Waals surface area contributed by atoms with Gasteiger partial charge in [0.15, 0.2) is 0 Å². The number of nitrogens with zero attached hydrogens (tertiary/aromatic N) is 1. The molecule has 21 heavy (non-hydrogen) atoms. The molecule has 1 saturated heterocycles. The lowest BCUT2D eigenvalue weighted by Gasteiger charge is -2.32. The summed E-state index contributed by atoms with van der Waals surface area (Å²) in [5.74, 6) is -0.805. The van der Waals surface area contributed by atoms with E-state index in [1.807, 2.05) is 0 Å². The van der Waals surface area contributed by atoms with Crippen LogP contribution in [0.3, 0.4) is 0 Å². The highest BCUT2D eigenvalue weighted by atomic mass is 32.2. The highest BCUT2D eigenvalue weighted by Crippen LogP contribution is 2.19. The van der Waals surface area contributed by atoms with E-state index in [-0.39, 0.29) is 17.4 Å². The molecule has 1 aliphatic heterocycles. The van der Waals surface area contributed by atoms with Crippen molar-refractivity contribution in [2.45, 2.75) is 12.8 Å². The minimum absolute atomic E-state index is 0.0594. The van der Waals surface area contributed by atoms with Gasteiger partial charge in [-0.3, -0.25) is 4.79 Å². The van der Waals surface area contributed by atoms with Crippen LogP contribution in [0.5, 0.6) is 0 Å². The molecular formula is C14H19FN2O3S. The molecule has 0 aliphatic carbocycles. The Hall–Kier alpha value is -1.47. The number of rotatable bonds is 4. The first-order valence-electron chi connectivity index (χ1n) is 6.85. The highest BCUT2D eigenvalue weighted by Gasteiger charge is 2.26. The predicted molar refractivity (Wildman–Crippen MR) is 77.9 cm³/mol. The number of carbonyl (C=O) groups excluding carboxylic acids is 1. The van der Waals surface area contributed by atoms with E-state index in [9.17, 15) is 17.6 Å². The number of likely N-dealkylation sites (tertiary alicyclic amines) is 1. The highest BCUT2D eigenvalue weighted by molar-refractivity contribution is 7.88. The average molecular weight is 314 g/mol. The lowest BCUT2D eigenvalue weighted by molar-refractivity contribution is 0.0671. The van der Waals surface area contributed by atoms with E-state index in [0.717, 1.165) is 19.1 Å². The normalized spacial score (nSPS) is 19.5. The van der Waals surface area contributed by atoms with Gasteiger partial charge in [0.2, 0.25) is 10.0 Å². The molecule has 0 unspecified atom stereocenters. The second kappa shape index (κ2) is 6.53. The fourth-order valence-electron chi connectivity index (χ4n) is 2.49. The van der Waals surface area contributed by atoms with E-state index >= 15 is 0 Å². The third-order valence-electron chi connectivity index (χ3n) is 3.54. The van der Waals surface area contributed by atoms with Gasteiger partial charge < -0.3 is 4.90 Å². The first-order chi connectivity index (χ1) is 9.87. The van der Waals surface area contributed by atoms with Crippen LogP contribution in [-0.4, -0.2) is 45.1 Å². The van der Waals surface area contributed by atoms with Crippen molar-refractivity contribution in [3.05, 3.63) is 35.6 Å². The number of hydrogen-bond donors (Lipinski definition) is 1. The van der Waals surface area contributed by atoms with E-state index in [4.69, 9.17) is 0 Å². The molecule has 0 aromatic heterocycles. The Kier molecular flexibility index (Phi) is 4.95. The molecule has 116 valence electrons. The Morgan fingerprint density at radius 2 is 2.14 bits per heavy atom. The third kappa shape index (κ3) is 4.50. The standard InChI is InChI=1S/C14H19FN2O3S/c1-21(19,20)16-9-11-5-4-8-17(10-11)14(18)12-6-2-3-7-13(12)15/h2-3,6-7,11,16H,4-5,8-10H2,1H3/t11-/m0/s1. The zero-order valence-electron chi connectivity index (χ0n) is 11.9. The Labute approximate surface area is 124 Å². The van der Waals surface area contributed by atoms with Crippen LogP contribution in [0.15, 0.2) is 24.3 Å². The fraction of sp³-hybridized carbons (Fsp3) is 0.500. The predicted octanol–water partition coefficient (Wildman–Crippen LogP) is 1.23. The maximum Gasteiger partial charge on any atom is 0.256 e. The summed E-state index contributed by atoms with van der Waals surface area (Å²) in [7, 11) is -3.23. The molecule has 0 radical (unpaired) electrons. The Balaban J connectivity index is 2.01. The van der Waals surface area contributed by atoms with Crippen LogP contribution in [0.2, 0.25) is 0 Å². The molecule has 1 N–H and O–H groups in total. The van der Waals surface area contributed by atoms with Crippen LogP contribution < -0.4 is 4.72 Å². The van der Waals surface area contributed by atoms with Crippen LogP contribution in [0, 0.1) is 11.7 Å². The maximum absolute atomic E-state index is 13.7. The molecule has 0 saturated carbocycles. The molecule has 1 amide bonds. The summed E-state index contributed by atoms with van der Waals surface area (Å²) in [5.41, 5.74) is 0.0641. The SMILES string of the molecule is CS(=O)(=O)NC[C@@H]1CCCN(C(=O)c2ccccc2F)C1. The van der Waals surface area contributed by atoms with E-state index in [1.54, 1.807) is 17.0 Å². The molecule has 1 fully saturated rings. The molecule has 7 heteroatoms. The van der Waals surface area contributed by atoms with Gasteiger partial charge in [-0.2, -0.15) is 0 Å². The van der Waals surface area contributed by atoms with Crippen molar-refractivity contribution in [1.82, 2.24) is 9.62 Å². The van der Waals surface area contributed by atoms with Crippen LogP contribution >= 0.6 is 0 Å². The van der Waals surface area contributed by atoms with Crippen molar-refractivity contribution in [2.24, 2.45) is 5.92 Å². The van der Waals surface area contributed by atoms with E-state index in [0.29, 0.717) is 19.6 Å². The van der Waals surface area contributed by atoms with E-state index in [1.165, 1.54) is 12.1 Å².